The predicted molar refractivity (Wildman–Crippen MR) is 119 cm³/mol. The summed E-state index contributed by atoms with van der Waals surface area (Å²) in [5.41, 5.74) is 1.74. The molecular weight excluding hydrogens is 475 g/mol. The summed E-state index contributed by atoms with van der Waals surface area (Å²) in [5.74, 6) is 0.709. The lowest BCUT2D eigenvalue weighted by Crippen LogP contribution is -2.41. The molecule has 1 aliphatic heterocycles. The van der Waals surface area contributed by atoms with Crippen LogP contribution in [-0.4, -0.2) is 25.4 Å². The highest BCUT2D eigenvalue weighted by atomic mass is 35.5. The molecule has 1 atom stereocenters. The van der Waals surface area contributed by atoms with Crippen molar-refractivity contribution in [3.63, 3.8) is 0 Å². The molecule has 174 valence electrons. The predicted octanol–water partition coefficient (Wildman–Crippen LogP) is 5.90. The van der Waals surface area contributed by atoms with Gasteiger partial charge in [0.25, 0.3) is 0 Å². The number of aromatic nitrogens is 2. The topological polar surface area (TPSA) is 69.2 Å². The van der Waals surface area contributed by atoms with Gasteiger partial charge >= 0.3 is 6.18 Å². The first-order valence-corrected chi connectivity index (χ1v) is 12.1. The lowest BCUT2D eigenvalue weighted by atomic mass is 9.99. The number of alkyl halides is 3. The quantitative estimate of drug-likeness (QED) is 0.422. The van der Waals surface area contributed by atoms with Gasteiger partial charge in [0, 0.05) is 34.6 Å². The number of halogens is 4. The standard InChI is InChI=1S/C23H21ClF3N3O2S/c1-14(2)22-28-20-10-11-30(13-19(20)21(29-22)15-6-8-17(24)9-7-15)33(31,32)18-5-3-4-16(12-18)23(25,26)27/h3-9,12,14H,10-11,13H2,1-2H3. The molecule has 2 aromatic carbocycles. The van der Waals surface area contributed by atoms with E-state index in [1.54, 1.807) is 24.3 Å². The Morgan fingerprint density at radius 2 is 1.82 bits per heavy atom. The molecule has 33 heavy (non-hydrogen) atoms. The molecule has 0 aliphatic carbocycles. The molecule has 0 amide bonds. The van der Waals surface area contributed by atoms with Gasteiger partial charge in [0.05, 0.1) is 30.0 Å². The van der Waals surface area contributed by atoms with Gasteiger partial charge in [0.15, 0.2) is 15.3 Å². The Balaban J connectivity index is 1.76. The molecule has 0 fully saturated rings. The Labute approximate surface area is 196 Å². The second-order valence-corrected chi connectivity index (χ2v) is 10.5. The molecule has 1 aliphatic rings. The van der Waals surface area contributed by atoms with Crippen LogP contribution in [0.4, 0.5) is 13.2 Å². The Morgan fingerprint density at radius 1 is 1.12 bits per heavy atom. The van der Waals surface area contributed by atoms with Crippen LogP contribution in [0, 0.1) is 0 Å². The fraction of sp³-hybridized carbons (Fsp3) is 0.304. The normalized spacial score (nSPS) is 16.5. The van der Waals surface area contributed by atoms with Gasteiger partial charge in [-0.05, 0) is 24.3 Å². The minimum absolute atomic E-state index is 0.0375. The molecule has 4 rings (SSSR count). The van der Waals surface area contributed by atoms with E-state index in [2.05, 4.69) is 4.98 Å². The van der Waals surface area contributed by atoms with Crippen LogP contribution in [0.2, 0.25) is 5.02 Å². The van der Waals surface area contributed by atoms with Crippen molar-refractivity contribution in [2.24, 2.45) is 0 Å². The highest BCUT2D eigenvalue weighted by Gasteiger charge is 2.38. The van der Waals surface area contributed by atoms with Crippen LogP contribution < -0.4 is 0 Å². The maximum absolute atomic E-state index is 13.2. The van der Waals surface area contributed by atoms with E-state index in [9.17, 15) is 21.9 Å². The average molecular weight is 496 g/mol. The van der Waals surface area contributed by atoms with Crippen molar-refractivity contribution in [1.29, 1.82) is 0 Å². The lowest BCUT2D eigenvalue weighted by molar-refractivity contribution is -0.137. The van der Waals surface area contributed by atoms with E-state index in [0.29, 0.717) is 34.6 Å². The number of hydrogen-bond donors (Lipinski definition) is 0. The van der Waals surface area contributed by atoms with E-state index in [4.69, 9.17) is 16.6 Å². The summed E-state index contributed by atoms with van der Waals surface area (Å²) in [6, 6.07) is 10.8. The smallest absolute Gasteiger partial charge is 0.416 e. The minimum atomic E-state index is -4.64. The Hall–Kier alpha value is -2.33. The Morgan fingerprint density at radius 3 is 2.45 bits per heavy atom. The van der Waals surface area contributed by atoms with Crippen molar-refractivity contribution in [2.75, 3.05) is 6.54 Å². The van der Waals surface area contributed by atoms with Gasteiger partial charge in [0.2, 0.25) is 0 Å². The summed E-state index contributed by atoms with van der Waals surface area (Å²) in [5, 5.41) is 0.555. The molecule has 0 saturated heterocycles. The second-order valence-electron chi connectivity index (χ2n) is 8.13. The van der Waals surface area contributed by atoms with Gasteiger partial charge in [0.1, 0.15) is 5.82 Å². The zero-order valence-corrected chi connectivity index (χ0v) is 19.5. The summed E-state index contributed by atoms with van der Waals surface area (Å²) >= 11 is 6.02. The third-order valence-corrected chi connectivity index (χ3v) is 7.57. The van der Waals surface area contributed by atoms with E-state index >= 15 is 0 Å². The molecule has 5 nitrogen and oxygen atoms in total. The van der Waals surface area contributed by atoms with Gasteiger partial charge in [-0.1, -0.05) is 47.9 Å². The molecule has 1 unspecified atom stereocenters. The Bertz CT molecular complexity index is 1230. The third-order valence-electron chi connectivity index (χ3n) is 5.48. The first kappa shape index (κ1) is 23.8. The van der Waals surface area contributed by atoms with Gasteiger partial charge < -0.3 is 4.55 Å². The molecule has 0 spiro atoms. The molecule has 0 bridgehead atoms. The van der Waals surface area contributed by atoms with Gasteiger partial charge in [-0.3, -0.25) is 0 Å². The number of rotatable bonds is 4. The molecule has 2 heterocycles. The lowest BCUT2D eigenvalue weighted by Gasteiger charge is -2.32. The second kappa shape index (κ2) is 8.79. The van der Waals surface area contributed by atoms with E-state index < -0.39 is 27.0 Å². The zero-order chi connectivity index (χ0) is 24.0. The molecule has 1 aromatic heterocycles. The fourth-order valence-corrected chi connectivity index (χ4v) is 5.28. The number of hydrogen-bond acceptors (Lipinski definition) is 4. The highest BCUT2D eigenvalue weighted by Crippen LogP contribution is 2.36. The summed E-state index contributed by atoms with van der Waals surface area (Å²) in [6.45, 7) is 4.02. The summed E-state index contributed by atoms with van der Waals surface area (Å²) < 4.78 is 67.1. The zero-order valence-electron chi connectivity index (χ0n) is 17.9. The SMILES string of the molecule is CC(C)c1nc2c(c(-c3ccc(Cl)cc3)n1)CN([S+](=O)([O-])c1cccc(C(F)(F)F)c1)CC2. The first-order chi connectivity index (χ1) is 15.5. The molecule has 10 heteroatoms. The molecule has 3 aromatic rings. The van der Waals surface area contributed by atoms with Crippen LogP contribution in [0.1, 0.15) is 42.4 Å². The van der Waals surface area contributed by atoms with Crippen LogP contribution in [0.5, 0.6) is 0 Å². The van der Waals surface area contributed by atoms with Crippen LogP contribution in [0.3, 0.4) is 0 Å². The van der Waals surface area contributed by atoms with Crippen LogP contribution >= 0.6 is 11.6 Å². The fourth-order valence-electron chi connectivity index (χ4n) is 3.70. The van der Waals surface area contributed by atoms with Gasteiger partial charge in [-0.2, -0.15) is 13.2 Å². The van der Waals surface area contributed by atoms with Gasteiger partial charge in [-0.15, -0.1) is 4.31 Å². The molecular formula is C23H21ClF3N3O2S. The van der Waals surface area contributed by atoms with E-state index in [-0.39, 0.29) is 19.0 Å². The number of nitrogens with zero attached hydrogens (tertiary/aromatic N) is 3. The average Bonchev–Trinajstić information content (AvgIpc) is 2.78. The van der Waals surface area contributed by atoms with Crippen molar-refractivity contribution in [3.05, 3.63) is 76.2 Å². The van der Waals surface area contributed by atoms with E-state index in [1.165, 1.54) is 10.4 Å². The number of benzene rings is 2. The first-order valence-electron chi connectivity index (χ1n) is 10.3. The summed E-state index contributed by atoms with van der Waals surface area (Å²) in [6.07, 6.45) is -4.31. The van der Waals surface area contributed by atoms with Crippen molar-refractivity contribution in [1.82, 2.24) is 14.3 Å². The van der Waals surface area contributed by atoms with Crippen molar-refractivity contribution < 1.29 is 21.9 Å². The minimum Gasteiger partial charge on any atom is -0.593 e. The van der Waals surface area contributed by atoms with Crippen LogP contribution in [0.15, 0.2) is 53.4 Å². The number of fused-ring (bicyclic) bond motifs is 1. The monoisotopic (exact) mass is 495 g/mol. The molecule has 0 radical (unpaired) electrons. The molecule has 0 saturated carbocycles. The van der Waals surface area contributed by atoms with Crippen molar-refractivity contribution in [2.45, 2.75) is 43.8 Å². The summed E-state index contributed by atoms with van der Waals surface area (Å²) in [4.78, 5) is 8.95. The van der Waals surface area contributed by atoms with Crippen molar-refractivity contribution in [3.8, 4) is 11.3 Å². The summed E-state index contributed by atoms with van der Waals surface area (Å²) in [7, 11) is -4.16. The highest BCUT2D eigenvalue weighted by molar-refractivity contribution is 7.95. The van der Waals surface area contributed by atoms with Crippen LogP contribution in [0.25, 0.3) is 11.3 Å². The number of sulfonamides is 1. The Kier molecular flexibility index (Phi) is 6.34. The maximum atomic E-state index is 13.2. The molecule has 0 N–H and O–H groups in total. The third kappa shape index (κ3) is 4.82. The largest absolute Gasteiger partial charge is 0.593 e. The van der Waals surface area contributed by atoms with E-state index in [0.717, 1.165) is 23.4 Å². The van der Waals surface area contributed by atoms with Crippen LogP contribution in [-0.2, 0) is 33.8 Å². The van der Waals surface area contributed by atoms with Crippen molar-refractivity contribution >= 4 is 22.0 Å². The van der Waals surface area contributed by atoms with E-state index in [1.807, 2.05) is 13.8 Å². The van der Waals surface area contributed by atoms with Gasteiger partial charge in [-0.25, -0.2) is 9.97 Å². The maximum Gasteiger partial charge on any atom is 0.416 e.